The molecule has 1 heterocycles. The summed E-state index contributed by atoms with van der Waals surface area (Å²) in [6.45, 7) is 2.96. The van der Waals surface area contributed by atoms with Crippen molar-refractivity contribution < 1.29 is 17.9 Å². The Bertz CT molecular complexity index is 941. The van der Waals surface area contributed by atoms with E-state index in [-0.39, 0.29) is 10.8 Å². The smallest absolute Gasteiger partial charge is 0.240 e. The Morgan fingerprint density at radius 1 is 1.19 bits per heavy atom. The highest BCUT2D eigenvalue weighted by molar-refractivity contribution is 7.89. The number of nitrogens with one attached hydrogen (secondary N) is 1. The Labute approximate surface area is 160 Å². The molecule has 0 saturated heterocycles. The lowest BCUT2D eigenvalue weighted by molar-refractivity contribution is -0.129. The molecule has 0 spiro atoms. The highest BCUT2D eigenvalue weighted by atomic mass is 32.2. The van der Waals surface area contributed by atoms with Gasteiger partial charge in [-0.15, -0.1) is 0 Å². The molecule has 0 unspecified atom stereocenters. The van der Waals surface area contributed by atoms with Crippen molar-refractivity contribution >= 4 is 15.9 Å². The van der Waals surface area contributed by atoms with Gasteiger partial charge in [-0.1, -0.05) is 18.2 Å². The summed E-state index contributed by atoms with van der Waals surface area (Å²) in [5, 5.41) is 0. The summed E-state index contributed by atoms with van der Waals surface area (Å²) in [5.41, 5.74) is 2.99. The third kappa shape index (κ3) is 4.67. The van der Waals surface area contributed by atoms with E-state index >= 15 is 0 Å². The van der Waals surface area contributed by atoms with Crippen LogP contribution in [0.15, 0.2) is 47.4 Å². The molecule has 1 aliphatic heterocycles. The SMILES string of the molecule is COc1cccc(CCNS(=O)(=O)c2ccc3c(c2)CN(C(C)=O)CC3)c1. The van der Waals surface area contributed by atoms with E-state index in [1.165, 1.54) is 6.92 Å². The van der Waals surface area contributed by atoms with Crippen LogP contribution in [-0.2, 0) is 34.2 Å². The van der Waals surface area contributed by atoms with E-state index in [9.17, 15) is 13.2 Å². The summed E-state index contributed by atoms with van der Waals surface area (Å²) in [7, 11) is -2.00. The van der Waals surface area contributed by atoms with E-state index in [0.717, 1.165) is 28.9 Å². The lowest BCUT2D eigenvalue weighted by Crippen LogP contribution is -2.34. The maximum absolute atomic E-state index is 12.6. The number of ether oxygens (including phenoxy) is 1. The molecule has 2 aromatic carbocycles. The number of nitrogens with zero attached hydrogens (tertiary/aromatic N) is 1. The Morgan fingerprint density at radius 3 is 2.74 bits per heavy atom. The molecule has 0 aromatic heterocycles. The first kappa shape index (κ1) is 19.4. The molecule has 6 nitrogen and oxygen atoms in total. The fourth-order valence-corrected chi connectivity index (χ4v) is 4.29. The van der Waals surface area contributed by atoms with Gasteiger partial charge in [0.2, 0.25) is 15.9 Å². The van der Waals surface area contributed by atoms with Gasteiger partial charge in [0.25, 0.3) is 0 Å². The molecule has 0 fully saturated rings. The fourth-order valence-electron chi connectivity index (χ4n) is 3.21. The minimum absolute atomic E-state index is 0.00493. The monoisotopic (exact) mass is 388 g/mol. The Hall–Kier alpha value is -2.38. The van der Waals surface area contributed by atoms with Crippen LogP contribution in [0.1, 0.15) is 23.6 Å². The standard InChI is InChI=1S/C20H24N2O4S/c1-15(23)22-11-9-17-6-7-20(13-18(17)14-22)27(24,25)21-10-8-16-4-3-5-19(12-16)26-2/h3-7,12-13,21H,8-11,14H2,1-2H3. The number of fused-ring (bicyclic) bond motifs is 1. The lowest BCUT2D eigenvalue weighted by Gasteiger charge is -2.28. The first-order chi connectivity index (χ1) is 12.9. The number of hydrogen-bond acceptors (Lipinski definition) is 4. The zero-order valence-electron chi connectivity index (χ0n) is 15.6. The summed E-state index contributed by atoms with van der Waals surface area (Å²) in [4.78, 5) is 13.6. The summed E-state index contributed by atoms with van der Waals surface area (Å²) >= 11 is 0. The van der Waals surface area contributed by atoms with Crippen molar-refractivity contribution in [1.29, 1.82) is 0 Å². The van der Waals surface area contributed by atoms with Crippen LogP contribution in [0.2, 0.25) is 0 Å². The van der Waals surface area contributed by atoms with Gasteiger partial charge in [-0.25, -0.2) is 13.1 Å². The van der Waals surface area contributed by atoms with Crippen molar-refractivity contribution in [2.24, 2.45) is 0 Å². The number of carbonyl (C=O) groups is 1. The minimum atomic E-state index is -3.60. The number of benzene rings is 2. The van der Waals surface area contributed by atoms with Gasteiger partial charge in [-0.05, 0) is 53.8 Å². The molecule has 1 aliphatic rings. The van der Waals surface area contributed by atoms with E-state index in [4.69, 9.17) is 4.74 Å². The van der Waals surface area contributed by atoms with Crippen LogP contribution < -0.4 is 9.46 Å². The van der Waals surface area contributed by atoms with Crippen LogP contribution in [0.25, 0.3) is 0 Å². The van der Waals surface area contributed by atoms with Gasteiger partial charge in [0, 0.05) is 26.6 Å². The average Bonchev–Trinajstić information content (AvgIpc) is 2.67. The van der Waals surface area contributed by atoms with Crippen LogP contribution in [0.4, 0.5) is 0 Å². The van der Waals surface area contributed by atoms with Crippen LogP contribution in [0.3, 0.4) is 0 Å². The molecule has 1 amide bonds. The van der Waals surface area contributed by atoms with Gasteiger partial charge in [0.15, 0.2) is 0 Å². The molecule has 144 valence electrons. The van der Waals surface area contributed by atoms with Gasteiger partial charge in [-0.3, -0.25) is 4.79 Å². The maximum Gasteiger partial charge on any atom is 0.240 e. The molecular formula is C20H24N2O4S. The number of sulfonamides is 1. The second-order valence-corrected chi connectivity index (χ2v) is 8.39. The van der Waals surface area contributed by atoms with Gasteiger partial charge in [0.05, 0.1) is 12.0 Å². The number of methoxy groups -OCH3 is 1. The predicted octanol–water partition coefficient (Wildman–Crippen LogP) is 2.12. The topological polar surface area (TPSA) is 75.7 Å². The van der Waals surface area contributed by atoms with Crippen molar-refractivity contribution in [3.05, 3.63) is 59.2 Å². The van der Waals surface area contributed by atoms with Gasteiger partial charge < -0.3 is 9.64 Å². The molecule has 7 heteroatoms. The first-order valence-electron chi connectivity index (χ1n) is 8.89. The molecule has 3 rings (SSSR count). The Morgan fingerprint density at radius 2 is 2.00 bits per heavy atom. The highest BCUT2D eigenvalue weighted by Gasteiger charge is 2.21. The normalized spacial score (nSPS) is 13.9. The maximum atomic E-state index is 12.6. The van der Waals surface area contributed by atoms with Crippen LogP contribution in [-0.4, -0.2) is 39.4 Å². The van der Waals surface area contributed by atoms with E-state index in [1.54, 1.807) is 24.1 Å². The Kier molecular flexibility index (Phi) is 5.82. The molecule has 2 aromatic rings. The average molecular weight is 388 g/mol. The van der Waals surface area contributed by atoms with E-state index in [1.807, 2.05) is 30.3 Å². The zero-order chi connectivity index (χ0) is 19.4. The number of hydrogen-bond donors (Lipinski definition) is 1. The molecule has 0 atom stereocenters. The quantitative estimate of drug-likeness (QED) is 0.823. The molecule has 0 saturated carbocycles. The molecule has 0 bridgehead atoms. The third-order valence-corrected chi connectivity index (χ3v) is 6.24. The van der Waals surface area contributed by atoms with Crippen LogP contribution >= 0.6 is 0 Å². The van der Waals surface area contributed by atoms with Crippen molar-refractivity contribution in [3.8, 4) is 5.75 Å². The van der Waals surface area contributed by atoms with Crippen molar-refractivity contribution in [3.63, 3.8) is 0 Å². The molecule has 0 aliphatic carbocycles. The number of amides is 1. The van der Waals surface area contributed by atoms with E-state index < -0.39 is 10.0 Å². The van der Waals surface area contributed by atoms with Crippen molar-refractivity contribution in [2.45, 2.75) is 31.2 Å². The zero-order valence-corrected chi connectivity index (χ0v) is 16.4. The van der Waals surface area contributed by atoms with E-state index in [0.29, 0.717) is 26.1 Å². The van der Waals surface area contributed by atoms with Crippen molar-refractivity contribution in [2.75, 3.05) is 20.2 Å². The minimum Gasteiger partial charge on any atom is -0.497 e. The predicted molar refractivity (Wildman–Crippen MR) is 103 cm³/mol. The molecule has 0 radical (unpaired) electrons. The summed E-state index contributed by atoms with van der Waals surface area (Å²) in [6.07, 6.45) is 1.32. The molecule has 1 N–H and O–H groups in total. The highest BCUT2D eigenvalue weighted by Crippen LogP contribution is 2.22. The van der Waals surface area contributed by atoms with Gasteiger partial charge >= 0.3 is 0 Å². The van der Waals surface area contributed by atoms with Crippen molar-refractivity contribution in [1.82, 2.24) is 9.62 Å². The Balaban J connectivity index is 1.68. The first-order valence-corrected chi connectivity index (χ1v) is 10.4. The van der Waals surface area contributed by atoms with Gasteiger partial charge in [-0.2, -0.15) is 0 Å². The van der Waals surface area contributed by atoms with Crippen LogP contribution in [0.5, 0.6) is 5.75 Å². The van der Waals surface area contributed by atoms with Crippen LogP contribution in [0, 0.1) is 0 Å². The molecular weight excluding hydrogens is 364 g/mol. The third-order valence-electron chi connectivity index (χ3n) is 4.79. The summed E-state index contributed by atoms with van der Waals surface area (Å²) in [6, 6.07) is 12.7. The second kappa shape index (κ2) is 8.10. The second-order valence-electron chi connectivity index (χ2n) is 6.62. The van der Waals surface area contributed by atoms with Gasteiger partial charge in [0.1, 0.15) is 5.75 Å². The fraction of sp³-hybridized carbons (Fsp3) is 0.350. The molecule has 27 heavy (non-hydrogen) atoms. The summed E-state index contributed by atoms with van der Waals surface area (Å²) < 4.78 is 33.1. The number of rotatable bonds is 6. The number of carbonyl (C=O) groups excluding carboxylic acids is 1. The van der Waals surface area contributed by atoms with E-state index in [2.05, 4.69) is 4.72 Å². The summed E-state index contributed by atoms with van der Waals surface area (Å²) in [5.74, 6) is 0.755. The largest absolute Gasteiger partial charge is 0.497 e. The lowest BCUT2D eigenvalue weighted by atomic mass is 10.00.